The molecule has 0 bridgehead atoms. The lowest BCUT2D eigenvalue weighted by Gasteiger charge is -2.12. The number of carbonyl (C=O) groups excluding carboxylic acids is 1. The molecule has 0 aliphatic rings. The predicted octanol–water partition coefficient (Wildman–Crippen LogP) is 2.08. The van der Waals surface area contributed by atoms with Gasteiger partial charge in [0.2, 0.25) is 5.91 Å². The van der Waals surface area contributed by atoms with Crippen LogP contribution in [0.2, 0.25) is 0 Å². The second-order valence-electron chi connectivity index (χ2n) is 3.51. The smallest absolute Gasteiger partial charge is 0.346 e. The average Bonchev–Trinajstić information content (AvgIpc) is 2.75. The summed E-state index contributed by atoms with van der Waals surface area (Å²) in [7, 11) is 0. The Labute approximate surface area is 101 Å². The molecule has 96 valence electrons. The molecule has 7 heteroatoms. The predicted molar refractivity (Wildman–Crippen MR) is 59.8 cm³/mol. The van der Waals surface area contributed by atoms with Gasteiger partial charge < -0.3 is 10.6 Å². The Morgan fingerprint density at radius 1 is 1.53 bits per heavy atom. The van der Waals surface area contributed by atoms with E-state index >= 15 is 0 Å². The van der Waals surface area contributed by atoms with E-state index in [1.54, 1.807) is 5.32 Å². The van der Waals surface area contributed by atoms with E-state index in [2.05, 4.69) is 5.32 Å². The van der Waals surface area contributed by atoms with Gasteiger partial charge in [0.25, 0.3) is 0 Å². The molecule has 2 N–H and O–H groups in total. The number of rotatable bonds is 5. The highest BCUT2D eigenvalue weighted by Crippen LogP contribution is 2.17. The Hall–Kier alpha value is -1.08. The first-order chi connectivity index (χ1) is 7.88. The zero-order valence-corrected chi connectivity index (χ0v) is 9.99. The maximum absolute atomic E-state index is 11.8. The molecule has 0 spiro atoms. The molecule has 3 nitrogen and oxygen atoms in total. The summed E-state index contributed by atoms with van der Waals surface area (Å²) in [6.45, 7) is 0.429. The number of alkyl halides is 3. The van der Waals surface area contributed by atoms with Crippen LogP contribution in [0.25, 0.3) is 0 Å². The third kappa shape index (κ3) is 5.69. The van der Waals surface area contributed by atoms with E-state index in [0.29, 0.717) is 0 Å². The van der Waals surface area contributed by atoms with Crippen molar-refractivity contribution >= 4 is 17.2 Å². The molecule has 0 radical (unpaired) electrons. The Balaban J connectivity index is 2.24. The second-order valence-corrected chi connectivity index (χ2v) is 4.49. The van der Waals surface area contributed by atoms with Crippen LogP contribution >= 0.6 is 11.3 Å². The van der Waals surface area contributed by atoms with Crippen molar-refractivity contribution in [2.75, 3.05) is 13.1 Å². The summed E-state index contributed by atoms with van der Waals surface area (Å²) in [4.78, 5) is 12.1. The van der Waals surface area contributed by atoms with Gasteiger partial charge in [-0.05, 0) is 18.4 Å². The van der Waals surface area contributed by atoms with Gasteiger partial charge in [-0.2, -0.15) is 13.2 Å². The lowest BCUT2D eigenvalue weighted by atomic mass is 10.3. The summed E-state index contributed by atoms with van der Waals surface area (Å²) in [5.74, 6) is -0.661. The van der Waals surface area contributed by atoms with Gasteiger partial charge in [-0.15, -0.1) is 11.3 Å². The molecule has 1 aromatic heterocycles. The van der Waals surface area contributed by atoms with Crippen molar-refractivity contribution < 1.29 is 18.0 Å². The maximum atomic E-state index is 11.8. The highest BCUT2D eigenvalue weighted by Gasteiger charge is 2.27. The number of amides is 1. The maximum Gasteiger partial charge on any atom is 0.405 e. The first-order valence-corrected chi connectivity index (χ1v) is 5.86. The van der Waals surface area contributed by atoms with Gasteiger partial charge in [-0.3, -0.25) is 4.79 Å². The van der Waals surface area contributed by atoms with E-state index in [9.17, 15) is 18.0 Å². The van der Waals surface area contributed by atoms with Crippen LogP contribution in [-0.4, -0.2) is 25.2 Å². The summed E-state index contributed by atoms with van der Waals surface area (Å²) < 4.78 is 35.4. The van der Waals surface area contributed by atoms with Crippen molar-refractivity contribution in [3.05, 3.63) is 22.4 Å². The van der Waals surface area contributed by atoms with Crippen molar-refractivity contribution in [2.24, 2.45) is 0 Å². The normalized spacial score (nSPS) is 13.4. The summed E-state index contributed by atoms with van der Waals surface area (Å²) in [5.41, 5.74) is 0. The fraction of sp³-hybridized carbons (Fsp3) is 0.500. The van der Waals surface area contributed by atoms with Crippen LogP contribution in [0.1, 0.15) is 17.8 Å². The van der Waals surface area contributed by atoms with Gasteiger partial charge in [-0.25, -0.2) is 0 Å². The molecule has 0 aromatic carbocycles. The number of hydrogen-bond donors (Lipinski definition) is 2. The van der Waals surface area contributed by atoms with Crippen molar-refractivity contribution in [3.8, 4) is 0 Å². The molecule has 0 saturated heterocycles. The number of hydrogen-bond acceptors (Lipinski definition) is 3. The Kier molecular flexibility index (Phi) is 4.95. The minimum atomic E-state index is -4.37. The quantitative estimate of drug-likeness (QED) is 0.856. The van der Waals surface area contributed by atoms with E-state index in [0.717, 1.165) is 4.88 Å². The number of halogens is 3. The van der Waals surface area contributed by atoms with Crippen LogP contribution in [0.5, 0.6) is 0 Å². The van der Waals surface area contributed by atoms with Gasteiger partial charge in [0, 0.05) is 10.9 Å². The van der Waals surface area contributed by atoms with Crippen LogP contribution in [-0.2, 0) is 4.79 Å². The summed E-state index contributed by atoms with van der Waals surface area (Å²) >= 11 is 1.53. The molecule has 1 rings (SSSR count). The third-order valence-electron chi connectivity index (χ3n) is 2.02. The molecule has 0 unspecified atom stereocenters. The van der Waals surface area contributed by atoms with Crippen molar-refractivity contribution in [3.63, 3.8) is 0 Å². The fourth-order valence-corrected chi connectivity index (χ4v) is 1.90. The van der Waals surface area contributed by atoms with Gasteiger partial charge in [0.05, 0.1) is 6.54 Å². The third-order valence-corrected chi connectivity index (χ3v) is 3.08. The lowest BCUT2D eigenvalue weighted by molar-refractivity contribution is -0.137. The molecule has 0 fully saturated rings. The van der Waals surface area contributed by atoms with Gasteiger partial charge in [0.15, 0.2) is 0 Å². The molecule has 1 atom stereocenters. The highest BCUT2D eigenvalue weighted by atomic mass is 32.1. The van der Waals surface area contributed by atoms with Crippen LogP contribution in [0.15, 0.2) is 17.5 Å². The van der Waals surface area contributed by atoms with E-state index < -0.39 is 18.6 Å². The summed E-state index contributed by atoms with van der Waals surface area (Å²) in [6, 6.07) is 3.73. The zero-order chi connectivity index (χ0) is 12.9. The Morgan fingerprint density at radius 3 is 2.76 bits per heavy atom. The standard InChI is InChI=1S/C10H13F3N2OS/c1-7(8-3-2-4-17-8)14-5-9(16)15-6-10(11,12)13/h2-4,7,14H,5-6H2,1H3,(H,15,16)/t7-/m1/s1. The highest BCUT2D eigenvalue weighted by molar-refractivity contribution is 7.10. The molecule has 17 heavy (non-hydrogen) atoms. The molecule has 0 aliphatic heterocycles. The molecular formula is C10H13F3N2OS. The molecular weight excluding hydrogens is 253 g/mol. The lowest BCUT2D eigenvalue weighted by Crippen LogP contribution is -2.39. The van der Waals surface area contributed by atoms with E-state index in [4.69, 9.17) is 0 Å². The Bertz CT molecular complexity index is 351. The summed E-state index contributed by atoms with van der Waals surface area (Å²) in [5, 5.41) is 6.55. The average molecular weight is 266 g/mol. The number of nitrogens with one attached hydrogen (secondary N) is 2. The monoisotopic (exact) mass is 266 g/mol. The van der Waals surface area contributed by atoms with Crippen LogP contribution in [0.4, 0.5) is 13.2 Å². The van der Waals surface area contributed by atoms with Crippen LogP contribution < -0.4 is 10.6 Å². The topological polar surface area (TPSA) is 41.1 Å². The van der Waals surface area contributed by atoms with Gasteiger partial charge in [0.1, 0.15) is 6.54 Å². The molecule has 1 aromatic rings. The Morgan fingerprint density at radius 2 is 2.24 bits per heavy atom. The largest absolute Gasteiger partial charge is 0.405 e. The summed E-state index contributed by atoms with van der Waals surface area (Å²) in [6.07, 6.45) is -4.37. The SMILES string of the molecule is C[C@@H](NCC(=O)NCC(F)(F)F)c1cccs1. The molecule has 0 aliphatic carbocycles. The minimum absolute atomic E-state index is 0.0494. The van der Waals surface area contributed by atoms with Gasteiger partial charge >= 0.3 is 6.18 Å². The van der Waals surface area contributed by atoms with Crippen LogP contribution in [0, 0.1) is 0 Å². The van der Waals surface area contributed by atoms with Crippen molar-refractivity contribution in [1.29, 1.82) is 0 Å². The zero-order valence-electron chi connectivity index (χ0n) is 9.17. The fourth-order valence-electron chi connectivity index (χ4n) is 1.15. The van der Waals surface area contributed by atoms with Gasteiger partial charge in [-0.1, -0.05) is 6.07 Å². The van der Waals surface area contributed by atoms with E-state index in [1.807, 2.05) is 24.4 Å². The second kappa shape index (κ2) is 6.02. The van der Waals surface area contributed by atoms with Crippen LogP contribution in [0.3, 0.4) is 0 Å². The van der Waals surface area contributed by atoms with E-state index in [-0.39, 0.29) is 12.6 Å². The number of carbonyl (C=O) groups is 1. The first-order valence-electron chi connectivity index (χ1n) is 4.99. The number of thiophene rings is 1. The minimum Gasteiger partial charge on any atom is -0.346 e. The molecule has 1 heterocycles. The van der Waals surface area contributed by atoms with E-state index in [1.165, 1.54) is 11.3 Å². The molecule has 1 amide bonds. The molecule has 0 saturated carbocycles. The van der Waals surface area contributed by atoms with Crippen molar-refractivity contribution in [2.45, 2.75) is 19.1 Å². The first kappa shape index (κ1) is 14.0. The van der Waals surface area contributed by atoms with Crippen molar-refractivity contribution in [1.82, 2.24) is 10.6 Å².